The predicted molar refractivity (Wildman–Crippen MR) is 87.6 cm³/mol. The Morgan fingerprint density at radius 1 is 1.31 bits per heavy atom. The lowest BCUT2D eigenvalue weighted by molar-refractivity contribution is -0.188. The van der Waals surface area contributed by atoms with Gasteiger partial charge in [-0.2, -0.15) is 13.2 Å². The topological polar surface area (TPSA) is 75.4 Å². The van der Waals surface area contributed by atoms with Crippen LogP contribution in [0.15, 0.2) is 29.3 Å². The molecule has 9 heteroatoms. The van der Waals surface area contributed by atoms with Crippen molar-refractivity contribution in [3.8, 4) is 0 Å². The largest absolute Gasteiger partial charge is 0.471 e. The number of rotatable bonds is 2. The number of aryl methyl sites for hydroxylation is 1. The van der Waals surface area contributed by atoms with Crippen LogP contribution in [0.4, 0.5) is 13.2 Å². The fraction of sp³-hybridized carbons (Fsp3) is 0.471. The third-order valence-electron chi connectivity index (χ3n) is 4.74. The number of aromatic nitrogens is 2. The molecule has 1 N–H and O–H groups in total. The van der Waals surface area contributed by atoms with Crippen molar-refractivity contribution in [2.24, 2.45) is 0 Å². The first kappa shape index (κ1) is 18.4. The van der Waals surface area contributed by atoms with Crippen LogP contribution < -0.4 is 5.56 Å². The monoisotopic (exact) mass is 369 g/mol. The molecule has 1 saturated heterocycles. The van der Waals surface area contributed by atoms with Crippen molar-refractivity contribution in [3.05, 3.63) is 40.4 Å². The maximum Gasteiger partial charge on any atom is 0.471 e. The van der Waals surface area contributed by atoms with Gasteiger partial charge in [-0.1, -0.05) is 12.1 Å². The summed E-state index contributed by atoms with van der Waals surface area (Å²) in [6.07, 6.45) is -3.68. The van der Waals surface area contributed by atoms with Gasteiger partial charge < -0.3 is 10.0 Å². The number of carbonyl (C=O) groups excluding carboxylic acids is 1. The van der Waals surface area contributed by atoms with Crippen molar-refractivity contribution < 1.29 is 23.1 Å². The summed E-state index contributed by atoms with van der Waals surface area (Å²) in [4.78, 5) is 28.8. The molecule has 0 radical (unpaired) electrons. The molecule has 0 bridgehead atoms. The normalized spacial score (nSPS) is 17.5. The summed E-state index contributed by atoms with van der Waals surface area (Å²) in [7, 11) is 0. The smallest absolute Gasteiger partial charge is 0.388 e. The first-order chi connectivity index (χ1) is 12.1. The summed E-state index contributed by atoms with van der Waals surface area (Å²) in [5.41, 5.74) is -0.262. The van der Waals surface area contributed by atoms with E-state index in [0.29, 0.717) is 15.8 Å². The second-order valence-corrected chi connectivity index (χ2v) is 6.66. The van der Waals surface area contributed by atoms with Gasteiger partial charge in [0.25, 0.3) is 5.56 Å². The average molecular weight is 369 g/mol. The number of nitrogens with zero attached hydrogens (tertiary/aromatic N) is 3. The fourth-order valence-corrected chi connectivity index (χ4v) is 3.23. The van der Waals surface area contributed by atoms with Crippen molar-refractivity contribution in [2.45, 2.75) is 38.1 Å². The number of likely N-dealkylation sites (tertiary alicyclic amines) is 1. The van der Waals surface area contributed by atoms with Crippen LogP contribution in [0.3, 0.4) is 0 Å². The zero-order valence-corrected chi connectivity index (χ0v) is 14.1. The van der Waals surface area contributed by atoms with Gasteiger partial charge in [-0.05, 0) is 31.4 Å². The summed E-state index contributed by atoms with van der Waals surface area (Å²) in [5.74, 6) is -1.90. The Morgan fingerprint density at radius 2 is 1.96 bits per heavy atom. The molecule has 2 heterocycles. The first-order valence-corrected chi connectivity index (χ1v) is 8.14. The van der Waals surface area contributed by atoms with Crippen molar-refractivity contribution in [3.63, 3.8) is 0 Å². The molecule has 1 amide bonds. The van der Waals surface area contributed by atoms with Crippen molar-refractivity contribution in [1.82, 2.24) is 14.5 Å². The summed E-state index contributed by atoms with van der Waals surface area (Å²) in [6.45, 7) is 1.31. The number of amides is 1. The Morgan fingerprint density at radius 3 is 2.58 bits per heavy atom. The SMILES string of the molecule is Cc1cccc2c(=O)n(CC3(O)CCN(C(=O)C(F)(F)F)CC3)cnc12. The number of fused-ring (bicyclic) bond motifs is 1. The maximum atomic E-state index is 12.6. The lowest BCUT2D eigenvalue weighted by atomic mass is 9.91. The Kier molecular flexibility index (Phi) is 4.51. The minimum atomic E-state index is -4.92. The molecule has 1 aliphatic heterocycles. The van der Waals surface area contributed by atoms with Crippen LogP contribution in [-0.4, -0.2) is 50.3 Å². The Bertz CT molecular complexity index is 899. The van der Waals surface area contributed by atoms with Crippen LogP contribution in [-0.2, 0) is 11.3 Å². The van der Waals surface area contributed by atoms with Gasteiger partial charge in [0, 0.05) is 13.1 Å². The number of hydrogen-bond acceptors (Lipinski definition) is 4. The van der Waals surface area contributed by atoms with E-state index in [4.69, 9.17) is 0 Å². The summed E-state index contributed by atoms with van der Waals surface area (Å²) in [6, 6.07) is 5.21. The quantitative estimate of drug-likeness (QED) is 0.873. The third kappa shape index (κ3) is 3.44. The number of carbonyl (C=O) groups is 1. The summed E-state index contributed by atoms with van der Waals surface area (Å²) in [5, 5.41) is 11.1. The molecule has 0 atom stereocenters. The molecule has 1 fully saturated rings. The fourth-order valence-electron chi connectivity index (χ4n) is 3.23. The van der Waals surface area contributed by atoms with E-state index in [1.807, 2.05) is 13.0 Å². The van der Waals surface area contributed by atoms with Gasteiger partial charge in [0.15, 0.2) is 0 Å². The van der Waals surface area contributed by atoms with Crippen LogP contribution in [0.5, 0.6) is 0 Å². The van der Waals surface area contributed by atoms with Crippen LogP contribution in [0, 0.1) is 6.92 Å². The van der Waals surface area contributed by atoms with E-state index in [-0.39, 0.29) is 38.0 Å². The molecule has 26 heavy (non-hydrogen) atoms. The number of halogens is 3. The molecular formula is C17H18F3N3O3. The molecule has 0 aliphatic carbocycles. The minimum Gasteiger partial charge on any atom is -0.388 e. The maximum absolute atomic E-state index is 12.6. The van der Waals surface area contributed by atoms with E-state index in [9.17, 15) is 27.9 Å². The molecule has 3 rings (SSSR count). The molecule has 6 nitrogen and oxygen atoms in total. The zero-order chi connectivity index (χ0) is 19.1. The highest BCUT2D eigenvalue weighted by Gasteiger charge is 2.45. The average Bonchev–Trinajstić information content (AvgIpc) is 2.57. The number of piperidine rings is 1. The lowest BCUT2D eigenvalue weighted by Gasteiger charge is -2.38. The van der Waals surface area contributed by atoms with E-state index in [1.165, 1.54) is 10.9 Å². The van der Waals surface area contributed by atoms with Gasteiger partial charge in [-0.3, -0.25) is 14.2 Å². The number of para-hydroxylation sites is 1. The number of hydrogen-bond donors (Lipinski definition) is 1. The van der Waals surface area contributed by atoms with Gasteiger partial charge in [0.2, 0.25) is 0 Å². The van der Waals surface area contributed by atoms with Crippen LogP contribution >= 0.6 is 0 Å². The third-order valence-corrected chi connectivity index (χ3v) is 4.74. The van der Waals surface area contributed by atoms with Gasteiger partial charge in [0.1, 0.15) is 0 Å². The molecule has 140 valence electrons. The summed E-state index contributed by atoms with van der Waals surface area (Å²) >= 11 is 0. The molecule has 1 aromatic heterocycles. The minimum absolute atomic E-state index is 0.0485. The highest BCUT2D eigenvalue weighted by atomic mass is 19.4. The Hall–Kier alpha value is -2.42. The van der Waals surface area contributed by atoms with Gasteiger partial charge >= 0.3 is 12.1 Å². The second-order valence-electron chi connectivity index (χ2n) is 6.66. The van der Waals surface area contributed by atoms with Crippen molar-refractivity contribution in [1.29, 1.82) is 0 Å². The number of alkyl halides is 3. The van der Waals surface area contributed by atoms with Crippen LogP contribution in [0.2, 0.25) is 0 Å². The number of benzene rings is 1. The van der Waals surface area contributed by atoms with E-state index >= 15 is 0 Å². The Labute approximate surface area is 146 Å². The van der Waals surface area contributed by atoms with E-state index in [2.05, 4.69) is 4.98 Å². The molecule has 0 saturated carbocycles. The first-order valence-electron chi connectivity index (χ1n) is 8.14. The molecule has 0 spiro atoms. The summed E-state index contributed by atoms with van der Waals surface area (Å²) < 4.78 is 38.8. The highest BCUT2D eigenvalue weighted by molar-refractivity contribution is 5.82. The van der Waals surface area contributed by atoms with Gasteiger partial charge in [-0.15, -0.1) is 0 Å². The predicted octanol–water partition coefficient (Wildman–Crippen LogP) is 1.62. The van der Waals surface area contributed by atoms with E-state index in [0.717, 1.165) is 5.56 Å². The van der Waals surface area contributed by atoms with Crippen molar-refractivity contribution in [2.75, 3.05) is 13.1 Å². The molecule has 1 aromatic carbocycles. The number of aliphatic hydroxyl groups is 1. The van der Waals surface area contributed by atoms with Crippen molar-refractivity contribution >= 4 is 16.8 Å². The van der Waals surface area contributed by atoms with Gasteiger partial charge in [-0.25, -0.2) is 4.98 Å². The molecule has 2 aromatic rings. The molecular weight excluding hydrogens is 351 g/mol. The van der Waals surface area contributed by atoms with E-state index < -0.39 is 17.7 Å². The van der Waals surface area contributed by atoms with E-state index in [1.54, 1.807) is 12.1 Å². The molecule has 0 unspecified atom stereocenters. The zero-order valence-electron chi connectivity index (χ0n) is 14.1. The standard InChI is InChI=1S/C17H18F3N3O3/c1-11-3-2-4-12-13(11)21-10-23(14(12)24)9-16(26)5-7-22(8-6-16)15(25)17(18,19)20/h2-4,10,26H,5-9H2,1H3. The van der Waals surface area contributed by atoms with Gasteiger partial charge in [0.05, 0.1) is 29.4 Å². The van der Waals surface area contributed by atoms with Crippen LogP contribution in [0.25, 0.3) is 10.9 Å². The Balaban J connectivity index is 1.78. The van der Waals surface area contributed by atoms with Crippen LogP contribution in [0.1, 0.15) is 18.4 Å². The molecule has 1 aliphatic rings. The second kappa shape index (κ2) is 6.39. The lowest BCUT2D eigenvalue weighted by Crippen LogP contribution is -2.52. The highest BCUT2D eigenvalue weighted by Crippen LogP contribution is 2.27.